The molecule has 0 aromatic carbocycles. The van der Waals surface area contributed by atoms with E-state index in [-0.39, 0.29) is 6.04 Å². The van der Waals surface area contributed by atoms with E-state index in [1.165, 1.54) is 30.9 Å². The van der Waals surface area contributed by atoms with E-state index in [4.69, 9.17) is 4.98 Å². The maximum absolute atomic E-state index is 4.79. The number of nitrogens with zero attached hydrogens (tertiary/aromatic N) is 1. The first-order chi connectivity index (χ1) is 8.56. The molecule has 0 aliphatic rings. The lowest BCUT2D eigenvalue weighted by Gasteiger charge is -2.13. The van der Waals surface area contributed by atoms with Gasteiger partial charge < -0.3 is 5.32 Å². The Morgan fingerprint density at radius 2 is 1.94 bits per heavy atom. The van der Waals surface area contributed by atoms with Crippen LogP contribution in [0.3, 0.4) is 0 Å². The van der Waals surface area contributed by atoms with Crippen molar-refractivity contribution in [2.75, 3.05) is 7.05 Å². The maximum atomic E-state index is 4.79. The average Bonchev–Trinajstić information content (AvgIpc) is 2.84. The highest BCUT2D eigenvalue weighted by atomic mass is 32.1. The van der Waals surface area contributed by atoms with Gasteiger partial charge in [-0.15, -0.1) is 22.7 Å². The van der Waals surface area contributed by atoms with Gasteiger partial charge in [0.2, 0.25) is 0 Å². The fourth-order valence-electron chi connectivity index (χ4n) is 2.25. The molecule has 4 heteroatoms. The lowest BCUT2D eigenvalue weighted by Crippen LogP contribution is -2.17. The first-order valence-electron chi connectivity index (χ1n) is 6.27. The van der Waals surface area contributed by atoms with E-state index in [1.807, 2.05) is 29.7 Å². The van der Waals surface area contributed by atoms with E-state index in [2.05, 4.69) is 39.1 Å². The Hall–Kier alpha value is -0.710. The van der Waals surface area contributed by atoms with E-state index >= 15 is 0 Å². The molecule has 0 aliphatic carbocycles. The van der Waals surface area contributed by atoms with Gasteiger partial charge in [-0.05, 0) is 45.9 Å². The summed E-state index contributed by atoms with van der Waals surface area (Å²) < 4.78 is 0. The SMILES string of the molecule is CCc1nc(C(NC)c2cc(C)sc2C)sc1C. The summed E-state index contributed by atoms with van der Waals surface area (Å²) in [4.78, 5) is 8.89. The Labute approximate surface area is 117 Å². The largest absolute Gasteiger partial charge is 0.307 e. The zero-order chi connectivity index (χ0) is 13.3. The molecule has 98 valence electrons. The normalized spacial score (nSPS) is 12.9. The smallest absolute Gasteiger partial charge is 0.115 e. The first-order valence-corrected chi connectivity index (χ1v) is 7.90. The summed E-state index contributed by atoms with van der Waals surface area (Å²) in [6, 6.07) is 2.52. The lowest BCUT2D eigenvalue weighted by molar-refractivity contribution is 0.682. The molecule has 2 aromatic rings. The van der Waals surface area contributed by atoms with Crippen molar-refractivity contribution in [3.8, 4) is 0 Å². The zero-order valence-electron chi connectivity index (χ0n) is 11.6. The number of aryl methyl sites for hydroxylation is 4. The molecule has 0 saturated carbocycles. The summed E-state index contributed by atoms with van der Waals surface area (Å²) >= 11 is 3.68. The zero-order valence-corrected chi connectivity index (χ0v) is 13.3. The van der Waals surface area contributed by atoms with Gasteiger partial charge in [0.25, 0.3) is 0 Å². The number of hydrogen-bond acceptors (Lipinski definition) is 4. The molecule has 1 N–H and O–H groups in total. The van der Waals surface area contributed by atoms with Crippen molar-refractivity contribution in [1.29, 1.82) is 0 Å². The van der Waals surface area contributed by atoms with Crippen molar-refractivity contribution >= 4 is 22.7 Å². The molecule has 1 atom stereocenters. The number of thiazole rings is 1. The Kier molecular flexibility index (Phi) is 4.20. The Balaban J connectivity index is 2.41. The Bertz CT molecular complexity index is 540. The maximum Gasteiger partial charge on any atom is 0.115 e. The van der Waals surface area contributed by atoms with E-state index in [0.717, 1.165) is 6.42 Å². The number of thiophene rings is 1. The van der Waals surface area contributed by atoms with Crippen LogP contribution < -0.4 is 5.32 Å². The summed E-state index contributed by atoms with van der Waals surface area (Å²) in [5, 5.41) is 4.60. The molecular weight excluding hydrogens is 260 g/mol. The van der Waals surface area contributed by atoms with Crippen LogP contribution in [0, 0.1) is 20.8 Å². The van der Waals surface area contributed by atoms with Gasteiger partial charge in [-0.3, -0.25) is 0 Å². The molecule has 2 aromatic heterocycles. The van der Waals surface area contributed by atoms with E-state index in [1.54, 1.807) is 0 Å². The predicted octanol–water partition coefficient (Wildman–Crippen LogP) is 4.00. The van der Waals surface area contributed by atoms with Crippen LogP contribution >= 0.6 is 22.7 Å². The van der Waals surface area contributed by atoms with Crippen LogP contribution in [-0.4, -0.2) is 12.0 Å². The van der Waals surface area contributed by atoms with Crippen LogP contribution in [-0.2, 0) is 6.42 Å². The molecule has 0 saturated heterocycles. The van der Waals surface area contributed by atoms with Crippen molar-refractivity contribution < 1.29 is 0 Å². The second-order valence-electron chi connectivity index (χ2n) is 4.50. The second kappa shape index (κ2) is 5.51. The van der Waals surface area contributed by atoms with Crippen LogP contribution in [0.5, 0.6) is 0 Å². The molecule has 0 fully saturated rings. The molecule has 2 heterocycles. The summed E-state index contributed by atoms with van der Waals surface area (Å²) in [7, 11) is 2.01. The molecule has 0 amide bonds. The van der Waals surface area contributed by atoms with Gasteiger partial charge in [0.05, 0.1) is 11.7 Å². The standard InChI is InChI=1S/C14H20N2S2/c1-6-12-10(4)18-14(16-12)13(15-5)11-7-8(2)17-9(11)3/h7,13,15H,6H2,1-5H3. The van der Waals surface area contributed by atoms with Gasteiger partial charge in [0, 0.05) is 14.6 Å². The monoisotopic (exact) mass is 280 g/mol. The van der Waals surface area contributed by atoms with Crippen molar-refractivity contribution in [1.82, 2.24) is 10.3 Å². The molecule has 2 nitrogen and oxygen atoms in total. The summed E-state index contributed by atoms with van der Waals surface area (Å²) in [5.74, 6) is 0. The van der Waals surface area contributed by atoms with Crippen LogP contribution in [0.1, 0.15) is 43.9 Å². The molecule has 0 bridgehead atoms. The lowest BCUT2D eigenvalue weighted by atomic mass is 10.1. The van der Waals surface area contributed by atoms with Gasteiger partial charge in [0.1, 0.15) is 5.01 Å². The van der Waals surface area contributed by atoms with Crippen molar-refractivity contribution in [2.45, 2.75) is 40.2 Å². The highest BCUT2D eigenvalue weighted by Gasteiger charge is 2.20. The third-order valence-electron chi connectivity index (χ3n) is 3.17. The summed E-state index contributed by atoms with van der Waals surface area (Å²) in [6.45, 7) is 8.69. The van der Waals surface area contributed by atoms with Gasteiger partial charge in [-0.1, -0.05) is 6.92 Å². The third kappa shape index (κ3) is 2.51. The van der Waals surface area contributed by atoms with Gasteiger partial charge >= 0.3 is 0 Å². The van der Waals surface area contributed by atoms with Crippen LogP contribution in [0.25, 0.3) is 0 Å². The van der Waals surface area contributed by atoms with Crippen LogP contribution in [0.15, 0.2) is 6.07 Å². The number of nitrogens with one attached hydrogen (secondary N) is 1. The molecule has 0 aliphatic heterocycles. The molecule has 18 heavy (non-hydrogen) atoms. The van der Waals surface area contributed by atoms with Crippen LogP contribution in [0.2, 0.25) is 0 Å². The molecule has 0 spiro atoms. The van der Waals surface area contributed by atoms with E-state index in [0.29, 0.717) is 0 Å². The number of hydrogen-bond donors (Lipinski definition) is 1. The topological polar surface area (TPSA) is 24.9 Å². The van der Waals surface area contributed by atoms with Crippen molar-refractivity contribution in [3.63, 3.8) is 0 Å². The van der Waals surface area contributed by atoms with E-state index < -0.39 is 0 Å². The molecule has 2 rings (SSSR count). The summed E-state index contributed by atoms with van der Waals surface area (Å²) in [5.41, 5.74) is 2.61. The second-order valence-corrected chi connectivity index (χ2v) is 7.19. The minimum atomic E-state index is 0.235. The van der Waals surface area contributed by atoms with Crippen molar-refractivity contribution in [3.05, 3.63) is 37.0 Å². The van der Waals surface area contributed by atoms with Crippen molar-refractivity contribution in [2.24, 2.45) is 0 Å². The minimum Gasteiger partial charge on any atom is -0.307 e. The van der Waals surface area contributed by atoms with Gasteiger partial charge in [-0.2, -0.15) is 0 Å². The first kappa shape index (κ1) is 13.7. The van der Waals surface area contributed by atoms with Gasteiger partial charge in [0.15, 0.2) is 0 Å². The van der Waals surface area contributed by atoms with E-state index in [9.17, 15) is 0 Å². The average molecular weight is 280 g/mol. The quantitative estimate of drug-likeness (QED) is 0.915. The fourth-order valence-corrected chi connectivity index (χ4v) is 4.35. The highest BCUT2D eigenvalue weighted by Crippen LogP contribution is 2.33. The number of aromatic nitrogens is 1. The Morgan fingerprint density at radius 1 is 1.22 bits per heavy atom. The minimum absolute atomic E-state index is 0.235. The number of rotatable bonds is 4. The Morgan fingerprint density at radius 3 is 2.39 bits per heavy atom. The molecule has 0 radical (unpaired) electrons. The van der Waals surface area contributed by atoms with Gasteiger partial charge in [-0.25, -0.2) is 4.98 Å². The molecular formula is C14H20N2S2. The van der Waals surface area contributed by atoms with Crippen LogP contribution in [0.4, 0.5) is 0 Å². The fraction of sp³-hybridized carbons (Fsp3) is 0.500. The highest BCUT2D eigenvalue weighted by molar-refractivity contribution is 7.12. The third-order valence-corrected chi connectivity index (χ3v) is 5.23. The molecule has 1 unspecified atom stereocenters. The predicted molar refractivity (Wildman–Crippen MR) is 80.9 cm³/mol. The summed E-state index contributed by atoms with van der Waals surface area (Å²) in [6.07, 6.45) is 1.01.